The van der Waals surface area contributed by atoms with Gasteiger partial charge in [0.25, 0.3) is 5.91 Å². The van der Waals surface area contributed by atoms with Crippen LogP contribution in [0, 0.1) is 5.92 Å². The minimum Gasteiger partial charge on any atom is -0.379 e. The summed E-state index contributed by atoms with van der Waals surface area (Å²) in [6.45, 7) is 12.1. The van der Waals surface area contributed by atoms with E-state index in [4.69, 9.17) is 9.47 Å². The summed E-state index contributed by atoms with van der Waals surface area (Å²) in [5.41, 5.74) is 0. The Labute approximate surface area is 140 Å². The van der Waals surface area contributed by atoms with Crippen LogP contribution in [-0.4, -0.2) is 73.7 Å². The first kappa shape index (κ1) is 19.9. The third-order valence-electron chi connectivity index (χ3n) is 4.38. The molecular formula is C17H32N2O4. The molecule has 1 saturated heterocycles. The molecule has 0 aliphatic carbocycles. The van der Waals surface area contributed by atoms with E-state index in [0.717, 1.165) is 25.9 Å². The fourth-order valence-corrected chi connectivity index (χ4v) is 2.90. The summed E-state index contributed by atoms with van der Waals surface area (Å²) in [6.07, 6.45) is 1.03. The molecule has 1 aliphatic rings. The number of hydrogen-bond donors (Lipinski definition) is 0. The standard InChI is InChI=1S/C17H32N2O4/c1-5-18(6-2)17(21)15-8-10-19(11-9-15)16(20)14(4)23-13-12-22-7-3/h14-15H,5-13H2,1-4H3/t14-/m0/s1. The van der Waals surface area contributed by atoms with Crippen molar-refractivity contribution < 1.29 is 19.1 Å². The molecule has 1 aliphatic heterocycles. The molecule has 0 bridgehead atoms. The molecule has 1 fully saturated rings. The maximum absolute atomic E-state index is 12.4. The van der Waals surface area contributed by atoms with Gasteiger partial charge in [-0.2, -0.15) is 0 Å². The minimum atomic E-state index is -0.453. The van der Waals surface area contributed by atoms with Gasteiger partial charge in [0.15, 0.2) is 0 Å². The van der Waals surface area contributed by atoms with Gasteiger partial charge in [-0.1, -0.05) is 0 Å². The van der Waals surface area contributed by atoms with Gasteiger partial charge in [-0.3, -0.25) is 9.59 Å². The summed E-state index contributed by atoms with van der Waals surface area (Å²) < 4.78 is 10.7. The van der Waals surface area contributed by atoms with E-state index in [2.05, 4.69) is 0 Å². The van der Waals surface area contributed by atoms with E-state index in [-0.39, 0.29) is 17.7 Å². The Kier molecular flexibility index (Phi) is 9.17. The predicted molar refractivity (Wildman–Crippen MR) is 89.1 cm³/mol. The van der Waals surface area contributed by atoms with Gasteiger partial charge in [-0.15, -0.1) is 0 Å². The van der Waals surface area contributed by atoms with E-state index >= 15 is 0 Å². The van der Waals surface area contributed by atoms with E-state index in [1.165, 1.54) is 0 Å². The maximum atomic E-state index is 12.4. The van der Waals surface area contributed by atoms with Crippen molar-refractivity contribution in [1.29, 1.82) is 0 Å². The predicted octanol–water partition coefficient (Wildman–Crippen LogP) is 1.53. The second-order valence-electron chi connectivity index (χ2n) is 5.82. The average Bonchev–Trinajstić information content (AvgIpc) is 2.59. The van der Waals surface area contributed by atoms with Crippen LogP contribution in [-0.2, 0) is 19.1 Å². The van der Waals surface area contributed by atoms with E-state index in [1.54, 1.807) is 6.92 Å². The van der Waals surface area contributed by atoms with Gasteiger partial charge in [0, 0.05) is 38.7 Å². The van der Waals surface area contributed by atoms with Crippen molar-refractivity contribution in [3.63, 3.8) is 0 Å². The molecule has 0 N–H and O–H groups in total. The minimum absolute atomic E-state index is 0.00948. The summed E-state index contributed by atoms with van der Waals surface area (Å²) in [7, 11) is 0. The zero-order valence-corrected chi connectivity index (χ0v) is 15.0. The molecule has 1 rings (SSSR count). The molecule has 0 radical (unpaired) electrons. The molecule has 23 heavy (non-hydrogen) atoms. The summed E-state index contributed by atoms with van der Waals surface area (Å²) in [5, 5.41) is 0. The van der Waals surface area contributed by atoms with Crippen molar-refractivity contribution in [1.82, 2.24) is 9.80 Å². The Bertz CT molecular complexity index is 364. The van der Waals surface area contributed by atoms with E-state index in [9.17, 15) is 9.59 Å². The van der Waals surface area contributed by atoms with E-state index in [0.29, 0.717) is 32.9 Å². The first-order chi connectivity index (χ1) is 11.0. The smallest absolute Gasteiger partial charge is 0.251 e. The number of rotatable bonds is 9. The number of amides is 2. The Morgan fingerprint density at radius 3 is 2.26 bits per heavy atom. The third kappa shape index (κ3) is 6.11. The second kappa shape index (κ2) is 10.6. The summed E-state index contributed by atoms with van der Waals surface area (Å²) in [5.74, 6) is 0.284. The van der Waals surface area contributed by atoms with Crippen LogP contribution in [0.3, 0.4) is 0 Å². The number of nitrogens with zero attached hydrogens (tertiary/aromatic N) is 2. The number of carbonyl (C=O) groups is 2. The quantitative estimate of drug-likeness (QED) is 0.602. The number of ether oxygens (including phenoxy) is 2. The number of carbonyl (C=O) groups excluding carboxylic acids is 2. The van der Waals surface area contributed by atoms with Crippen LogP contribution in [0.25, 0.3) is 0 Å². The van der Waals surface area contributed by atoms with Gasteiger partial charge in [0.05, 0.1) is 13.2 Å². The van der Waals surface area contributed by atoms with Crippen molar-refractivity contribution in [2.45, 2.75) is 46.6 Å². The first-order valence-electron chi connectivity index (χ1n) is 8.81. The SMILES string of the molecule is CCOCCO[C@@H](C)C(=O)N1CCC(C(=O)N(CC)CC)CC1. The molecule has 0 saturated carbocycles. The lowest BCUT2D eigenvalue weighted by atomic mass is 9.95. The Hall–Kier alpha value is -1.14. The number of likely N-dealkylation sites (tertiary alicyclic amines) is 1. The zero-order valence-electron chi connectivity index (χ0n) is 15.0. The number of piperidine rings is 1. The zero-order chi connectivity index (χ0) is 17.2. The Morgan fingerprint density at radius 1 is 1.13 bits per heavy atom. The van der Waals surface area contributed by atoms with Crippen molar-refractivity contribution in [2.75, 3.05) is 46.0 Å². The molecule has 6 heteroatoms. The molecule has 1 heterocycles. The van der Waals surface area contributed by atoms with Crippen molar-refractivity contribution in [2.24, 2.45) is 5.92 Å². The molecule has 0 aromatic rings. The largest absolute Gasteiger partial charge is 0.379 e. The van der Waals surface area contributed by atoms with Gasteiger partial charge in [0.1, 0.15) is 6.10 Å². The highest BCUT2D eigenvalue weighted by atomic mass is 16.5. The van der Waals surface area contributed by atoms with Crippen LogP contribution < -0.4 is 0 Å². The summed E-state index contributed by atoms with van der Waals surface area (Å²) in [6, 6.07) is 0. The molecular weight excluding hydrogens is 296 g/mol. The fraction of sp³-hybridized carbons (Fsp3) is 0.882. The van der Waals surface area contributed by atoms with Crippen LogP contribution in [0.1, 0.15) is 40.5 Å². The first-order valence-corrected chi connectivity index (χ1v) is 8.81. The third-order valence-corrected chi connectivity index (χ3v) is 4.38. The monoisotopic (exact) mass is 328 g/mol. The number of hydrogen-bond acceptors (Lipinski definition) is 4. The van der Waals surface area contributed by atoms with E-state index < -0.39 is 6.10 Å². The topological polar surface area (TPSA) is 59.1 Å². The van der Waals surface area contributed by atoms with Gasteiger partial charge < -0.3 is 19.3 Å². The Balaban J connectivity index is 2.37. The highest BCUT2D eigenvalue weighted by molar-refractivity contribution is 5.82. The van der Waals surface area contributed by atoms with Gasteiger partial charge in [-0.25, -0.2) is 0 Å². The van der Waals surface area contributed by atoms with Gasteiger partial charge in [-0.05, 0) is 40.5 Å². The highest BCUT2D eigenvalue weighted by Gasteiger charge is 2.31. The van der Waals surface area contributed by atoms with Crippen LogP contribution in [0.2, 0.25) is 0 Å². The molecule has 6 nitrogen and oxygen atoms in total. The molecule has 0 aromatic heterocycles. The van der Waals surface area contributed by atoms with Crippen LogP contribution in [0.4, 0.5) is 0 Å². The van der Waals surface area contributed by atoms with Crippen LogP contribution in [0.5, 0.6) is 0 Å². The lowest BCUT2D eigenvalue weighted by Crippen LogP contribution is -2.47. The lowest BCUT2D eigenvalue weighted by Gasteiger charge is -2.34. The lowest BCUT2D eigenvalue weighted by molar-refractivity contribution is -0.147. The molecule has 1 atom stereocenters. The van der Waals surface area contributed by atoms with Crippen molar-refractivity contribution >= 4 is 11.8 Å². The molecule has 2 amide bonds. The van der Waals surface area contributed by atoms with Crippen molar-refractivity contribution in [3.8, 4) is 0 Å². The van der Waals surface area contributed by atoms with Crippen molar-refractivity contribution in [3.05, 3.63) is 0 Å². The molecule has 0 aromatic carbocycles. The fourth-order valence-electron chi connectivity index (χ4n) is 2.90. The molecule has 0 spiro atoms. The maximum Gasteiger partial charge on any atom is 0.251 e. The van der Waals surface area contributed by atoms with Gasteiger partial charge >= 0.3 is 0 Å². The normalized spacial score (nSPS) is 17.1. The average molecular weight is 328 g/mol. The summed E-state index contributed by atoms with van der Waals surface area (Å²) >= 11 is 0. The highest BCUT2D eigenvalue weighted by Crippen LogP contribution is 2.20. The Morgan fingerprint density at radius 2 is 1.74 bits per heavy atom. The summed E-state index contributed by atoms with van der Waals surface area (Å²) in [4.78, 5) is 28.4. The molecule has 134 valence electrons. The van der Waals surface area contributed by atoms with E-state index in [1.807, 2.05) is 30.6 Å². The molecule has 0 unspecified atom stereocenters. The van der Waals surface area contributed by atoms with Crippen LogP contribution >= 0.6 is 0 Å². The van der Waals surface area contributed by atoms with Gasteiger partial charge in [0.2, 0.25) is 5.91 Å². The second-order valence-corrected chi connectivity index (χ2v) is 5.82. The van der Waals surface area contributed by atoms with Crippen LogP contribution in [0.15, 0.2) is 0 Å².